The summed E-state index contributed by atoms with van der Waals surface area (Å²) in [6, 6.07) is 6.34. The van der Waals surface area contributed by atoms with Gasteiger partial charge in [0.05, 0.1) is 6.20 Å². The molecule has 1 aromatic heterocycles. The molecule has 0 aliphatic heterocycles. The molecule has 1 atom stereocenters. The predicted molar refractivity (Wildman–Crippen MR) is 104 cm³/mol. The van der Waals surface area contributed by atoms with Gasteiger partial charge < -0.3 is 27.8 Å². The first kappa shape index (κ1) is 19.1. The number of nitrogen functional groups attached to an aromatic ring is 1. The summed E-state index contributed by atoms with van der Waals surface area (Å²) in [7, 11) is 0. The molecule has 0 fully saturated rings. The van der Waals surface area contributed by atoms with Crippen molar-refractivity contribution in [2.45, 2.75) is 19.4 Å². The van der Waals surface area contributed by atoms with Crippen LogP contribution in [0.3, 0.4) is 0 Å². The monoisotopic (exact) mass is 373 g/mol. The number of hydrogen-bond acceptors (Lipinski definition) is 7. The van der Waals surface area contributed by atoms with Crippen LogP contribution in [0.1, 0.15) is 29.4 Å². The summed E-state index contributed by atoms with van der Waals surface area (Å²) in [5, 5.41) is 5.68. The highest BCUT2D eigenvalue weighted by Crippen LogP contribution is 2.18. The van der Waals surface area contributed by atoms with Gasteiger partial charge in [0, 0.05) is 11.3 Å². The number of primary amides is 2. The largest absolute Gasteiger partial charge is 0.398 e. The molecule has 136 valence electrons. The minimum Gasteiger partial charge on any atom is -0.398 e. The number of aromatic nitrogens is 2. The Morgan fingerprint density at radius 3 is 2.54 bits per heavy atom. The van der Waals surface area contributed by atoms with Crippen molar-refractivity contribution >= 4 is 46.3 Å². The van der Waals surface area contributed by atoms with Crippen molar-refractivity contribution in [1.82, 2.24) is 9.97 Å². The van der Waals surface area contributed by atoms with Crippen molar-refractivity contribution < 1.29 is 9.59 Å². The number of para-hydroxylation sites is 1. The molecular weight excluding hydrogens is 354 g/mol. The third kappa shape index (κ3) is 4.42. The fourth-order valence-corrected chi connectivity index (χ4v) is 2.44. The molecule has 8 N–H and O–H groups in total. The second kappa shape index (κ2) is 8.21. The summed E-state index contributed by atoms with van der Waals surface area (Å²) in [6.07, 6.45) is 1.74. The molecule has 26 heavy (non-hydrogen) atoms. The molecule has 2 amide bonds. The second-order valence-corrected chi connectivity index (χ2v) is 5.77. The summed E-state index contributed by atoms with van der Waals surface area (Å²) >= 11 is 5.33. The Kier molecular flexibility index (Phi) is 6.02. The molecule has 0 spiro atoms. The Morgan fingerprint density at radius 1 is 1.27 bits per heavy atom. The van der Waals surface area contributed by atoms with E-state index in [1.165, 1.54) is 6.20 Å². The Labute approximate surface area is 155 Å². The van der Waals surface area contributed by atoms with E-state index in [2.05, 4.69) is 20.6 Å². The molecule has 0 saturated carbocycles. The summed E-state index contributed by atoms with van der Waals surface area (Å²) in [5.41, 5.74) is 17.5. The van der Waals surface area contributed by atoms with Crippen LogP contribution in [0.2, 0.25) is 0 Å². The summed E-state index contributed by atoms with van der Waals surface area (Å²) in [5.74, 6) is -1.02. The lowest BCUT2D eigenvalue weighted by Gasteiger charge is -2.16. The third-order valence-corrected chi connectivity index (χ3v) is 3.84. The van der Waals surface area contributed by atoms with Crippen molar-refractivity contribution in [2.24, 2.45) is 11.5 Å². The first-order valence-electron chi connectivity index (χ1n) is 7.72. The van der Waals surface area contributed by atoms with Crippen LogP contribution in [0.25, 0.3) is 0 Å². The van der Waals surface area contributed by atoms with Crippen LogP contribution in [0, 0.1) is 0 Å². The fourth-order valence-electron chi connectivity index (χ4n) is 2.16. The van der Waals surface area contributed by atoms with E-state index in [0.717, 1.165) is 0 Å². The van der Waals surface area contributed by atoms with Crippen LogP contribution in [0.4, 0.5) is 17.3 Å². The lowest BCUT2D eigenvalue weighted by molar-refractivity contribution is -0.118. The molecule has 1 aromatic carbocycles. The SMILES string of the molecule is CC[C@@H](Nc1cnc(C(N)=O)c(NC(=S)c2ccccc2N)n1)C(N)=O. The quantitative estimate of drug-likeness (QED) is 0.348. The van der Waals surface area contributed by atoms with E-state index >= 15 is 0 Å². The number of carbonyl (C=O) groups excluding carboxylic acids is 2. The zero-order valence-corrected chi connectivity index (χ0v) is 14.8. The molecular formula is C16H19N7O2S. The fraction of sp³-hybridized carbons (Fsp3) is 0.188. The number of anilines is 3. The second-order valence-electron chi connectivity index (χ2n) is 5.37. The van der Waals surface area contributed by atoms with E-state index in [1.807, 2.05) is 0 Å². The van der Waals surface area contributed by atoms with Crippen LogP contribution < -0.4 is 27.8 Å². The summed E-state index contributed by atoms with van der Waals surface area (Å²) < 4.78 is 0. The summed E-state index contributed by atoms with van der Waals surface area (Å²) in [4.78, 5) is 31.5. The number of hydrogen-bond donors (Lipinski definition) is 5. The molecule has 0 bridgehead atoms. The summed E-state index contributed by atoms with van der Waals surface area (Å²) in [6.45, 7) is 1.79. The maximum Gasteiger partial charge on any atom is 0.271 e. The van der Waals surface area contributed by atoms with Gasteiger partial charge in [-0.2, -0.15) is 0 Å². The molecule has 1 heterocycles. The highest BCUT2D eigenvalue weighted by Gasteiger charge is 2.18. The van der Waals surface area contributed by atoms with Gasteiger partial charge in [0.15, 0.2) is 11.5 Å². The van der Waals surface area contributed by atoms with E-state index in [-0.39, 0.29) is 22.3 Å². The van der Waals surface area contributed by atoms with Crippen molar-refractivity contribution in [1.29, 1.82) is 0 Å². The van der Waals surface area contributed by atoms with Gasteiger partial charge in [-0.3, -0.25) is 9.59 Å². The zero-order valence-electron chi connectivity index (χ0n) is 14.0. The lowest BCUT2D eigenvalue weighted by Crippen LogP contribution is -2.35. The minimum absolute atomic E-state index is 0.0510. The smallest absolute Gasteiger partial charge is 0.271 e. The molecule has 9 nitrogen and oxygen atoms in total. The van der Waals surface area contributed by atoms with Gasteiger partial charge in [0.2, 0.25) is 5.91 Å². The highest BCUT2D eigenvalue weighted by molar-refractivity contribution is 7.81. The Hall–Kier alpha value is -3.27. The number of nitrogens with zero attached hydrogens (tertiary/aromatic N) is 2. The van der Waals surface area contributed by atoms with Gasteiger partial charge in [0.25, 0.3) is 5.91 Å². The molecule has 0 unspecified atom stereocenters. The van der Waals surface area contributed by atoms with Crippen molar-refractivity contribution in [3.05, 3.63) is 41.7 Å². The van der Waals surface area contributed by atoms with E-state index in [4.69, 9.17) is 29.4 Å². The number of nitrogens with two attached hydrogens (primary N) is 3. The number of thiocarbonyl (C=S) groups is 1. The van der Waals surface area contributed by atoms with Crippen molar-refractivity contribution in [3.8, 4) is 0 Å². The van der Waals surface area contributed by atoms with Crippen molar-refractivity contribution in [2.75, 3.05) is 16.4 Å². The molecule has 2 rings (SSSR count). The Balaban J connectivity index is 2.34. The third-order valence-electron chi connectivity index (χ3n) is 3.52. The standard InChI is InChI=1S/C16H19N7O2S/c1-2-10(13(18)24)21-11-7-20-12(14(19)25)15(22-11)23-16(26)8-5-3-4-6-9(8)17/h3-7,10H,2,17H2,1H3,(H2,18,24)(H2,19,25)(H2,21,22,23,26)/t10-/m1/s1. The van der Waals surface area contributed by atoms with Crippen molar-refractivity contribution in [3.63, 3.8) is 0 Å². The number of carbonyl (C=O) groups is 2. The predicted octanol–water partition coefficient (Wildman–Crippen LogP) is 0.621. The normalized spacial score (nSPS) is 11.4. The maximum absolute atomic E-state index is 11.6. The van der Waals surface area contributed by atoms with E-state index in [0.29, 0.717) is 17.7 Å². The average molecular weight is 373 g/mol. The number of rotatable bonds is 7. The van der Waals surface area contributed by atoms with Gasteiger partial charge in [-0.1, -0.05) is 31.3 Å². The minimum atomic E-state index is -0.780. The molecule has 0 saturated heterocycles. The zero-order chi connectivity index (χ0) is 19.3. The number of amides is 2. The van der Waals surface area contributed by atoms with Gasteiger partial charge in [0.1, 0.15) is 16.8 Å². The van der Waals surface area contributed by atoms with Crippen LogP contribution in [0.5, 0.6) is 0 Å². The molecule has 0 aliphatic carbocycles. The number of nitrogens with one attached hydrogen (secondary N) is 2. The maximum atomic E-state index is 11.6. The molecule has 10 heteroatoms. The van der Waals surface area contributed by atoms with Gasteiger partial charge in [-0.25, -0.2) is 9.97 Å². The van der Waals surface area contributed by atoms with E-state index in [1.54, 1.807) is 31.2 Å². The van der Waals surface area contributed by atoms with Crippen LogP contribution in [-0.4, -0.2) is 32.8 Å². The van der Waals surface area contributed by atoms with Crippen LogP contribution >= 0.6 is 12.2 Å². The van der Waals surface area contributed by atoms with Crippen LogP contribution in [0.15, 0.2) is 30.5 Å². The van der Waals surface area contributed by atoms with E-state index in [9.17, 15) is 9.59 Å². The van der Waals surface area contributed by atoms with Gasteiger partial charge in [-0.05, 0) is 18.6 Å². The number of benzene rings is 1. The first-order chi connectivity index (χ1) is 12.3. The lowest BCUT2D eigenvalue weighted by atomic mass is 10.2. The topological polar surface area (TPSA) is 162 Å². The highest BCUT2D eigenvalue weighted by atomic mass is 32.1. The molecule has 2 aromatic rings. The first-order valence-corrected chi connectivity index (χ1v) is 8.12. The Bertz CT molecular complexity index is 856. The Morgan fingerprint density at radius 2 is 1.96 bits per heavy atom. The average Bonchev–Trinajstić information content (AvgIpc) is 2.59. The molecule has 0 aliphatic rings. The van der Waals surface area contributed by atoms with E-state index < -0.39 is 17.9 Å². The van der Waals surface area contributed by atoms with Gasteiger partial charge in [-0.15, -0.1) is 0 Å². The molecule has 0 radical (unpaired) electrons. The van der Waals surface area contributed by atoms with Gasteiger partial charge >= 0.3 is 0 Å². The van der Waals surface area contributed by atoms with Crippen LogP contribution in [-0.2, 0) is 4.79 Å².